The van der Waals surface area contributed by atoms with E-state index in [9.17, 15) is 24.5 Å². The highest BCUT2D eigenvalue weighted by molar-refractivity contribution is 6.08. The molecule has 0 radical (unpaired) electrons. The summed E-state index contributed by atoms with van der Waals surface area (Å²) in [5.41, 5.74) is 1.08. The number of fused-ring (bicyclic) bond motifs is 1. The largest absolute Gasteiger partial charge is 0.350 e. The van der Waals surface area contributed by atoms with Crippen LogP contribution in [0.1, 0.15) is 27.4 Å². The average Bonchev–Trinajstić information content (AvgIpc) is 3.55. The Hall–Kier alpha value is -5.16. The number of non-ortho nitro benzene ring substituents is 1. The predicted octanol–water partition coefficient (Wildman–Crippen LogP) is 3.02. The number of hydrogen-bond donors (Lipinski definition) is 3. The standard InChI is InChI=1S/C23H21N9O5.ClH/c1-29-10-7-17(20(29)22(34)25-9-4-8-24)27-21(33)19-11-14(12-30(19)2)26-23(35)31-13-15-16(28-31)5-3-6-18(15)32(36)37;/h3,5-7,10-13H,4,9H2,1-2H3,(H,25,34)(H,26,35)(H,27,33);1H. The van der Waals surface area contributed by atoms with Gasteiger partial charge in [-0.15, -0.1) is 12.4 Å². The molecule has 0 fully saturated rings. The highest BCUT2D eigenvalue weighted by atomic mass is 35.5. The maximum atomic E-state index is 13.0. The summed E-state index contributed by atoms with van der Waals surface area (Å²) in [6.45, 7) is 0.175. The molecule has 196 valence electrons. The Bertz CT molecular complexity index is 1590. The normalized spacial score (nSPS) is 10.3. The Labute approximate surface area is 221 Å². The number of amides is 3. The second kappa shape index (κ2) is 11.3. The van der Waals surface area contributed by atoms with Crippen molar-refractivity contribution in [2.24, 2.45) is 14.1 Å². The number of nitrogens with one attached hydrogen (secondary N) is 3. The number of hydrogen-bond acceptors (Lipinski definition) is 7. The Morgan fingerprint density at radius 1 is 1.11 bits per heavy atom. The van der Waals surface area contributed by atoms with Crippen molar-refractivity contribution in [2.45, 2.75) is 6.42 Å². The number of rotatable bonds is 7. The van der Waals surface area contributed by atoms with Gasteiger partial charge in [-0.2, -0.15) is 15.0 Å². The van der Waals surface area contributed by atoms with Crippen LogP contribution in [-0.2, 0) is 14.1 Å². The summed E-state index contributed by atoms with van der Waals surface area (Å²) in [6.07, 6.45) is 4.54. The zero-order chi connectivity index (χ0) is 26.7. The van der Waals surface area contributed by atoms with Crippen molar-refractivity contribution in [2.75, 3.05) is 17.2 Å². The average molecular weight is 540 g/mol. The zero-order valence-corrected chi connectivity index (χ0v) is 21.0. The molecular formula is C23H22ClN9O5. The van der Waals surface area contributed by atoms with E-state index in [0.29, 0.717) is 0 Å². The first-order chi connectivity index (χ1) is 17.7. The molecule has 0 saturated heterocycles. The van der Waals surface area contributed by atoms with E-state index in [1.807, 2.05) is 6.07 Å². The van der Waals surface area contributed by atoms with Crippen molar-refractivity contribution >= 4 is 58.2 Å². The fourth-order valence-electron chi connectivity index (χ4n) is 3.75. The van der Waals surface area contributed by atoms with Crippen molar-refractivity contribution in [1.29, 1.82) is 5.26 Å². The fourth-order valence-corrected chi connectivity index (χ4v) is 3.75. The molecule has 1 aromatic carbocycles. The number of nitrogens with zero attached hydrogens (tertiary/aromatic N) is 6. The SMILES string of the molecule is Cl.Cn1cc(NC(=O)n2cc3c([N+](=O)[O-])cccc3n2)cc1C(=O)Nc1ccn(C)c1C(=O)NCCC#N. The van der Waals surface area contributed by atoms with Crippen molar-refractivity contribution in [3.63, 3.8) is 0 Å². The quantitative estimate of drug-likeness (QED) is 0.183. The number of carbonyl (C=O) groups excluding carboxylic acids is 3. The Morgan fingerprint density at radius 2 is 1.87 bits per heavy atom. The van der Waals surface area contributed by atoms with Crippen molar-refractivity contribution < 1.29 is 19.3 Å². The van der Waals surface area contributed by atoms with Crippen LogP contribution in [0.5, 0.6) is 0 Å². The number of carbonyl (C=O) groups is 3. The third-order valence-corrected chi connectivity index (χ3v) is 5.48. The van der Waals surface area contributed by atoms with E-state index in [1.165, 1.54) is 35.2 Å². The zero-order valence-electron chi connectivity index (χ0n) is 20.2. The number of nitro benzene ring substituents is 1. The van der Waals surface area contributed by atoms with Gasteiger partial charge in [0.15, 0.2) is 0 Å². The van der Waals surface area contributed by atoms with E-state index >= 15 is 0 Å². The fraction of sp³-hybridized carbons (Fsp3) is 0.174. The summed E-state index contributed by atoms with van der Waals surface area (Å²) < 4.78 is 3.99. The highest BCUT2D eigenvalue weighted by Crippen LogP contribution is 2.24. The molecular weight excluding hydrogens is 518 g/mol. The van der Waals surface area contributed by atoms with Gasteiger partial charge < -0.3 is 25.1 Å². The first-order valence-electron chi connectivity index (χ1n) is 10.9. The molecule has 0 aliphatic carbocycles. The smallest absolute Gasteiger partial charge is 0.346 e. The van der Waals surface area contributed by atoms with Crippen LogP contribution >= 0.6 is 12.4 Å². The minimum absolute atomic E-state index is 0. The van der Waals surface area contributed by atoms with Crippen LogP contribution in [0.15, 0.2) is 48.9 Å². The molecule has 3 aromatic heterocycles. The minimum atomic E-state index is -0.678. The van der Waals surface area contributed by atoms with Gasteiger partial charge in [-0.25, -0.2) is 4.79 Å². The number of halogens is 1. The van der Waals surface area contributed by atoms with Gasteiger partial charge in [0.2, 0.25) is 0 Å². The van der Waals surface area contributed by atoms with Crippen LogP contribution in [0.3, 0.4) is 0 Å². The predicted molar refractivity (Wildman–Crippen MR) is 139 cm³/mol. The van der Waals surface area contributed by atoms with Gasteiger partial charge in [0.05, 0.1) is 45.9 Å². The summed E-state index contributed by atoms with van der Waals surface area (Å²) in [6, 6.07) is 8.63. The lowest BCUT2D eigenvalue weighted by Gasteiger charge is -2.09. The topological polar surface area (TPSA) is 182 Å². The lowest BCUT2D eigenvalue weighted by Crippen LogP contribution is -2.27. The summed E-state index contributed by atoms with van der Waals surface area (Å²) in [7, 11) is 3.26. The molecule has 15 heteroatoms. The summed E-state index contributed by atoms with van der Waals surface area (Å²) in [5.74, 6) is -0.967. The molecule has 14 nitrogen and oxygen atoms in total. The van der Waals surface area contributed by atoms with Gasteiger partial charge in [0, 0.05) is 39.1 Å². The number of nitriles is 1. The van der Waals surface area contributed by atoms with E-state index in [1.54, 1.807) is 37.0 Å². The second-order valence-corrected chi connectivity index (χ2v) is 8.00. The van der Waals surface area contributed by atoms with Crippen molar-refractivity contribution in [3.8, 4) is 6.07 Å². The maximum Gasteiger partial charge on any atom is 0.346 e. The number of aryl methyl sites for hydroxylation is 2. The number of benzene rings is 1. The third kappa shape index (κ3) is 5.47. The van der Waals surface area contributed by atoms with Gasteiger partial charge in [-0.3, -0.25) is 19.7 Å². The van der Waals surface area contributed by atoms with Gasteiger partial charge in [-0.05, 0) is 18.2 Å². The first-order valence-corrected chi connectivity index (χ1v) is 10.9. The van der Waals surface area contributed by atoms with Crippen LogP contribution in [0.2, 0.25) is 0 Å². The molecule has 0 atom stereocenters. The molecule has 0 saturated carbocycles. The summed E-state index contributed by atoms with van der Waals surface area (Å²) in [5, 5.41) is 32.1. The first kappa shape index (κ1) is 27.4. The number of aromatic nitrogens is 4. The molecule has 3 N–H and O–H groups in total. The van der Waals surface area contributed by atoms with Crippen LogP contribution in [0, 0.1) is 21.4 Å². The Morgan fingerprint density at radius 3 is 2.58 bits per heavy atom. The minimum Gasteiger partial charge on any atom is -0.350 e. The monoisotopic (exact) mass is 539 g/mol. The van der Waals surface area contributed by atoms with Crippen molar-refractivity contribution in [3.05, 3.63) is 70.4 Å². The molecule has 4 aromatic rings. The second-order valence-electron chi connectivity index (χ2n) is 8.00. The molecule has 38 heavy (non-hydrogen) atoms. The maximum absolute atomic E-state index is 13.0. The van der Waals surface area contributed by atoms with Gasteiger partial charge in [0.1, 0.15) is 11.4 Å². The van der Waals surface area contributed by atoms with Gasteiger partial charge in [0.25, 0.3) is 17.5 Å². The van der Waals surface area contributed by atoms with Crippen LogP contribution in [0.4, 0.5) is 21.9 Å². The molecule has 4 rings (SSSR count). The third-order valence-electron chi connectivity index (χ3n) is 5.48. The molecule has 0 bridgehead atoms. The molecule has 0 aliphatic heterocycles. The van der Waals surface area contributed by atoms with E-state index < -0.39 is 22.8 Å². The molecule has 0 spiro atoms. The lowest BCUT2D eigenvalue weighted by atomic mass is 10.2. The van der Waals surface area contributed by atoms with E-state index in [4.69, 9.17) is 5.26 Å². The number of anilines is 2. The summed E-state index contributed by atoms with van der Waals surface area (Å²) in [4.78, 5) is 48.9. The Balaban J connectivity index is 0.00000400. The number of nitro groups is 1. The van der Waals surface area contributed by atoms with Crippen LogP contribution < -0.4 is 16.0 Å². The lowest BCUT2D eigenvalue weighted by molar-refractivity contribution is -0.383. The molecule has 3 amide bonds. The van der Waals surface area contributed by atoms with Gasteiger partial charge >= 0.3 is 6.03 Å². The molecule has 3 heterocycles. The van der Waals surface area contributed by atoms with Crippen LogP contribution in [-0.4, -0.2) is 48.2 Å². The highest BCUT2D eigenvalue weighted by Gasteiger charge is 2.21. The van der Waals surface area contributed by atoms with Crippen molar-refractivity contribution in [1.82, 2.24) is 24.2 Å². The van der Waals surface area contributed by atoms with E-state index in [-0.39, 0.29) is 64.7 Å². The molecule has 0 aliphatic rings. The Kier molecular flexibility index (Phi) is 8.13. The van der Waals surface area contributed by atoms with Crippen LogP contribution in [0.25, 0.3) is 10.9 Å². The molecule has 0 unspecified atom stereocenters. The van der Waals surface area contributed by atoms with E-state index in [0.717, 1.165) is 4.68 Å². The summed E-state index contributed by atoms with van der Waals surface area (Å²) >= 11 is 0. The van der Waals surface area contributed by atoms with Gasteiger partial charge in [-0.1, -0.05) is 6.07 Å². The van der Waals surface area contributed by atoms with E-state index in [2.05, 4.69) is 21.0 Å².